The van der Waals surface area contributed by atoms with Gasteiger partial charge in [0.25, 0.3) is 0 Å². The second kappa shape index (κ2) is 16.8. The van der Waals surface area contributed by atoms with Crippen molar-refractivity contribution in [2.75, 3.05) is 0 Å². The molecule has 5 heteroatoms. The lowest BCUT2D eigenvalue weighted by Crippen LogP contribution is -2.66. The Morgan fingerprint density at radius 3 is 1.90 bits per heavy atom. The Kier molecular flexibility index (Phi) is 13.5. The molecule has 5 saturated carbocycles. The first kappa shape index (κ1) is 41.8. The molecular formula is C47H80O5. The lowest BCUT2D eigenvalue weighted by Gasteiger charge is -2.72. The number of carbonyl (C=O) groups is 3. The van der Waals surface area contributed by atoms with Gasteiger partial charge in [-0.2, -0.15) is 0 Å². The molecule has 0 radical (unpaired) electrons. The molecule has 0 unspecified atom stereocenters. The van der Waals surface area contributed by atoms with Gasteiger partial charge in [0.2, 0.25) is 0 Å². The van der Waals surface area contributed by atoms with E-state index in [2.05, 4.69) is 48.5 Å². The molecule has 0 heterocycles. The van der Waals surface area contributed by atoms with Gasteiger partial charge >= 0.3 is 11.9 Å². The lowest BCUT2D eigenvalue weighted by atomic mass is 9.32. The van der Waals surface area contributed by atoms with Crippen molar-refractivity contribution < 1.29 is 23.9 Å². The van der Waals surface area contributed by atoms with Crippen LogP contribution in [0.5, 0.6) is 0 Å². The third-order valence-electron chi connectivity index (χ3n) is 17.4. The van der Waals surface area contributed by atoms with Crippen LogP contribution < -0.4 is 0 Å². The standard InChI is InChI=1S/C47H80O5/c1-10-11-12-13-14-15-16-17-18-19-20-21-35(51-34(3)49)32-41(50)52-40-26-28-45(7)38(43(40,4)5)25-29-47(9)39(45)23-22-37-42-36(33(2)48)24-27-44(42,6)30-31-46(37,47)8/h35-40,42H,10-32H2,1-9H3/t35-,36+,37-,38+,39-,40+,42-,44-,45+,46-,47-/m1/s1. The Morgan fingerprint density at radius 2 is 1.29 bits per heavy atom. The summed E-state index contributed by atoms with van der Waals surface area (Å²) in [5, 5.41) is 0. The largest absolute Gasteiger partial charge is 0.462 e. The molecule has 0 aromatic heterocycles. The summed E-state index contributed by atoms with van der Waals surface area (Å²) in [7, 11) is 0. The highest BCUT2D eigenvalue weighted by Crippen LogP contribution is 2.77. The molecule has 5 rings (SSSR count). The van der Waals surface area contributed by atoms with Gasteiger partial charge in [-0.05, 0) is 129 Å². The Balaban J connectivity index is 1.17. The van der Waals surface area contributed by atoms with Gasteiger partial charge in [0.15, 0.2) is 0 Å². The van der Waals surface area contributed by atoms with E-state index in [4.69, 9.17) is 9.47 Å². The fourth-order valence-electron chi connectivity index (χ4n) is 14.4. The number of rotatable bonds is 17. The average molecular weight is 725 g/mol. The zero-order valence-electron chi connectivity index (χ0n) is 35.3. The second-order valence-electron chi connectivity index (χ2n) is 20.7. The molecular weight excluding hydrogens is 645 g/mol. The number of unbranched alkanes of at least 4 members (excludes halogenated alkanes) is 10. The van der Waals surface area contributed by atoms with Crippen molar-refractivity contribution in [2.24, 2.45) is 56.7 Å². The summed E-state index contributed by atoms with van der Waals surface area (Å²) >= 11 is 0. The third-order valence-corrected chi connectivity index (χ3v) is 17.4. The summed E-state index contributed by atoms with van der Waals surface area (Å²) < 4.78 is 12.1. The molecule has 0 saturated heterocycles. The number of hydrogen-bond donors (Lipinski definition) is 0. The van der Waals surface area contributed by atoms with Crippen molar-refractivity contribution in [2.45, 2.75) is 222 Å². The maximum absolute atomic E-state index is 13.6. The number of Topliss-reactive ketones (excluding diaryl/α,β-unsaturated/α-hetero) is 1. The molecule has 5 fully saturated rings. The minimum Gasteiger partial charge on any atom is -0.462 e. The molecule has 5 aliphatic rings. The SMILES string of the molecule is CCCCCCCCCCCCC[C@H](CC(=O)O[C@H]1CC[C@]2(C)[C@H]3CC[C@@H]4[C@H]5[C@H](C(C)=O)CC[C@]5(C)CC[C@@]4(C)[C@]3(C)CC[C@H]2C1(C)C)OC(C)=O. The van der Waals surface area contributed by atoms with Crippen LogP contribution in [0.2, 0.25) is 0 Å². The Bertz CT molecular complexity index is 1240. The van der Waals surface area contributed by atoms with Gasteiger partial charge in [-0.15, -0.1) is 0 Å². The van der Waals surface area contributed by atoms with Crippen LogP contribution in [0.15, 0.2) is 0 Å². The summed E-state index contributed by atoms with van der Waals surface area (Å²) in [4.78, 5) is 38.5. The first-order valence-electron chi connectivity index (χ1n) is 22.4. The molecule has 0 aromatic carbocycles. The van der Waals surface area contributed by atoms with E-state index in [1.54, 1.807) is 0 Å². The van der Waals surface area contributed by atoms with Crippen LogP contribution in [0.25, 0.3) is 0 Å². The highest BCUT2D eigenvalue weighted by atomic mass is 16.6. The molecule has 0 amide bonds. The molecule has 5 aliphatic carbocycles. The Labute approximate surface area is 319 Å². The van der Waals surface area contributed by atoms with E-state index >= 15 is 0 Å². The smallest absolute Gasteiger partial charge is 0.309 e. The van der Waals surface area contributed by atoms with Crippen molar-refractivity contribution in [3.05, 3.63) is 0 Å². The minimum absolute atomic E-state index is 0.112. The zero-order chi connectivity index (χ0) is 38.0. The van der Waals surface area contributed by atoms with Gasteiger partial charge in [-0.3, -0.25) is 14.4 Å². The number of esters is 2. The molecule has 298 valence electrons. The first-order chi connectivity index (χ1) is 24.5. The fraction of sp³-hybridized carbons (Fsp3) is 0.936. The van der Waals surface area contributed by atoms with E-state index in [9.17, 15) is 14.4 Å². The number of fused-ring (bicyclic) bond motifs is 7. The van der Waals surface area contributed by atoms with Gasteiger partial charge in [-0.1, -0.05) is 113 Å². The van der Waals surface area contributed by atoms with Crippen molar-refractivity contribution >= 4 is 17.7 Å². The van der Waals surface area contributed by atoms with Crippen molar-refractivity contribution in [1.29, 1.82) is 0 Å². The van der Waals surface area contributed by atoms with E-state index in [0.29, 0.717) is 34.9 Å². The van der Waals surface area contributed by atoms with Crippen LogP contribution in [-0.4, -0.2) is 29.9 Å². The summed E-state index contributed by atoms with van der Waals surface area (Å²) in [5.41, 5.74) is 0.941. The zero-order valence-corrected chi connectivity index (χ0v) is 35.3. The molecule has 5 nitrogen and oxygen atoms in total. The van der Waals surface area contributed by atoms with Crippen LogP contribution in [0.4, 0.5) is 0 Å². The number of ether oxygens (including phenoxy) is 2. The van der Waals surface area contributed by atoms with E-state index < -0.39 is 6.10 Å². The maximum atomic E-state index is 13.6. The molecule has 52 heavy (non-hydrogen) atoms. The predicted octanol–water partition coefficient (Wildman–Crippen LogP) is 12.6. The number of hydrogen-bond acceptors (Lipinski definition) is 5. The molecule has 0 spiro atoms. The van der Waals surface area contributed by atoms with Crippen LogP contribution in [0.3, 0.4) is 0 Å². The van der Waals surface area contributed by atoms with E-state index in [1.165, 1.54) is 110 Å². The normalized spacial score (nSPS) is 39.7. The molecule has 0 bridgehead atoms. The highest BCUT2D eigenvalue weighted by molar-refractivity contribution is 5.79. The van der Waals surface area contributed by atoms with Gasteiger partial charge in [-0.25, -0.2) is 0 Å². The summed E-state index contributed by atoms with van der Waals surface area (Å²) in [6.45, 7) is 20.8. The average Bonchev–Trinajstić information content (AvgIpc) is 3.43. The predicted molar refractivity (Wildman–Crippen MR) is 212 cm³/mol. The van der Waals surface area contributed by atoms with E-state index in [1.807, 2.05) is 6.92 Å². The Hall–Kier alpha value is -1.39. The minimum atomic E-state index is -0.397. The topological polar surface area (TPSA) is 69.7 Å². The number of carbonyl (C=O) groups excluding carboxylic acids is 3. The van der Waals surface area contributed by atoms with E-state index in [0.717, 1.165) is 38.5 Å². The monoisotopic (exact) mass is 725 g/mol. The van der Waals surface area contributed by atoms with Crippen molar-refractivity contribution in [3.63, 3.8) is 0 Å². The van der Waals surface area contributed by atoms with Gasteiger partial charge in [0.1, 0.15) is 18.0 Å². The summed E-state index contributed by atoms with van der Waals surface area (Å²) in [6.07, 6.45) is 26.2. The number of ketones is 1. The second-order valence-corrected chi connectivity index (χ2v) is 20.7. The molecule has 0 aliphatic heterocycles. The summed E-state index contributed by atoms with van der Waals surface area (Å²) in [6, 6.07) is 0. The maximum Gasteiger partial charge on any atom is 0.309 e. The van der Waals surface area contributed by atoms with Gasteiger partial charge in [0, 0.05) is 18.3 Å². The lowest BCUT2D eigenvalue weighted by molar-refractivity contribution is -0.249. The Morgan fingerprint density at radius 1 is 0.654 bits per heavy atom. The third kappa shape index (κ3) is 8.10. The van der Waals surface area contributed by atoms with Crippen LogP contribution >= 0.6 is 0 Å². The van der Waals surface area contributed by atoms with E-state index in [-0.39, 0.29) is 52.0 Å². The van der Waals surface area contributed by atoms with Crippen LogP contribution in [-0.2, 0) is 23.9 Å². The van der Waals surface area contributed by atoms with Crippen molar-refractivity contribution in [1.82, 2.24) is 0 Å². The molecule has 0 N–H and O–H groups in total. The van der Waals surface area contributed by atoms with Gasteiger partial charge < -0.3 is 9.47 Å². The van der Waals surface area contributed by atoms with Gasteiger partial charge in [0.05, 0.1) is 6.42 Å². The summed E-state index contributed by atoms with van der Waals surface area (Å²) in [5.74, 6) is 2.51. The van der Waals surface area contributed by atoms with Crippen molar-refractivity contribution in [3.8, 4) is 0 Å². The van der Waals surface area contributed by atoms with Crippen LogP contribution in [0, 0.1) is 56.7 Å². The van der Waals surface area contributed by atoms with Crippen LogP contribution in [0.1, 0.15) is 210 Å². The fourth-order valence-corrected chi connectivity index (χ4v) is 14.4. The molecule has 0 aromatic rings. The highest BCUT2D eigenvalue weighted by Gasteiger charge is 2.70. The first-order valence-corrected chi connectivity index (χ1v) is 22.4. The molecule has 11 atom stereocenters. The quantitative estimate of drug-likeness (QED) is 0.110.